The number of aryl methyl sites for hydroxylation is 2. The van der Waals surface area contributed by atoms with Crippen LogP contribution >= 0.6 is 12.4 Å². The number of carbonyl (C=O) groups is 3. The van der Waals surface area contributed by atoms with Gasteiger partial charge in [-0.05, 0) is 113 Å². The number of halogens is 2. The highest BCUT2D eigenvalue weighted by Gasteiger charge is 2.40. The van der Waals surface area contributed by atoms with Gasteiger partial charge >= 0.3 is 5.96 Å². The minimum atomic E-state index is -1.13. The maximum atomic E-state index is 11.4. The fourth-order valence-corrected chi connectivity index (χ4v) is 8.51. The fourth-order valence-electron chi connectivity index (χ4n) is 8.51. The zero-order chi connectivity index (χ0) is 57.1. The van der Waals surface area contributed by atoms with Crippen LogP contribution in [0.1, 0.15) is 124 Å². The zero-order valence-electron chi connectivity index (χ0n) is 45.8. The van der Waals surface area contributed by atoms with Gasteiger partial charge in [0, 0.05) is 50.0 Å². The second-order valence-electron chi connectivity index (χ2n) is 18.6. The van der Waals surface area contributed by atoms with Crippen LogP contribution in [0.2, 0.25) is 0 Å². The number of aliphatic hydroxyl groups is 6. The first-order valence-electron chi connectivity index (χ1n) is 27.1. The first kappa shape index (κ1) is 74.1. The van der Waals surface area contributed by atoms with Crippen LogP contribution in [0.4, 0.5) is 4.39 Å². The second kappa shape index (κ2) is 48.1. The SMILES string of the molecule is C.CCN.CCNC(=O)CCC/C=C\C[C@@H]1[C@@H](/C=C/[C@@H](O)CCc2ccccc2)[C@H](O)C[C@@H]1O.Cl.NC(N)=[NH+]CCC[C@H]([NH3+])C(=O)[O-].O=C([O-])CCC/C=C\C[C@@H]1[C@@H](/C=C/[C@@H](O)CCc2ccccc2)[C@H](O)C[C@@H]1O.[2H]CF. The van der Waals surface area contributed by atoms with Gasteiger partial charge in [-0.1, -0.05) is 124 Å². The molecule has 0 bridgehead atoms. The smallest absolute Gasteiger partial charge is 0.338 e. The third-order valence-electron chi connectivity index (χ3n) is 12.5. The van der Waals surface area contributed by atoms with Gasteiger partial charge in [0.1, 0.15) is 6.04 Å². The minimum Gasteiger partial charge on any atom is -0.550 e. The molecule has 2 saturated carbocycles. The van der Waals surface area contributed by atoms with Crippen molar-refractivity contribution in [2.24, 2.45) is 40.9 Å². The largest absolute Gasteiger partial charge is 0.550 e. The lowest BCUT2D eigenvalue weighted by Crippen LogP contribution is -2.78. The van der Waals surface area contributed by atoms with Crippen molar-refractivity contribution in [1.82, 2.24) is 5.32 Å². The number of nitrogens with one attached hydrogen (secondary N) is 2. The lowest BCUT2D eigenvalue weighted by molar-refractivity contribution is -0.466. The molecule has 440 valence electrons. The number of hydrogen-bond donors (Lipinski definition) is 12. The predicted molar refractivity (Wildman–Crippen MR) is 302 cm³/mol. The van der Waals surface area contributed by atoms with Crippen molar-refractivity contribution < 1.29 is 71.7 Å². The summed E-state index contributed by atoms with van der Waals surface area (Å²) < 4.78 is 15.5. The van der Waals surface area contributed by atoms with E-state index in [0.717, 1.165) is 32.2 Å². The van der Waals surface area contributed by atoms with Crippen molar-refractivity contribution in [1.29, 1.82) is 0 Å². The maximum Gasteiger partial charge on any atom is 0.338 e. The Morgan fingerprint density at radius 1 is 0.753 bits per heavy atom. The monoisotopic (exact) mass is 1110 g/mol. The maximum absolute atomic E-state index is 11.4. The number of guanidine groups is 1. The summed E-state index contributed by atoms with van der Waals surface area (Å²) in [5.74, 6) is -2.47. The molecular formula is C58H98ClFN6O11. The molecule has 11 atom stereocenters. The van der Waals surface area contributed by atoms with Crippen LogP contribution < -0.4 is 43.5 Å². The molecule has 0 spiro atoms. The van der Waals surface area contributed by atoms with Crippen molar-refractivity contribution in [2.45, 2.75) is 167 Å². The number of carbonyl (C=O) groups excluding carboxylic acids is 3. The topological polar surface area (TPSA) is 350 Å². The van der Waals surface area contributed by atoms with Crippen molar-refractivity contribution in [3.8, 4) is 0 Å². The van der Waals surface area contributed by atoms with Crippen molar-refractivity contribution in [2.75, 3.05) is 26.8 Å². The fraction of sp³-hybridized carbons (Fsp3) is 0.586. The number of rotatable bonds is 28. The van der Waals surface area contributed by atoms with Crippen molar-refractivity contribution >= 4 is 36.2 Å². The van der Waals surface area contributed by atoms with E-state index in [1.807, 2.05) is 111 Å². The highest BCUT2D eigenvalue weighted by molar-refractivity contribution is 5.85. The molecule has 0 heterocycles. The molecule has 0 aliphatic heterocycles. The van der Waals surface area contributed by atoms with Crippen LogP contribution in [0, 0.1) is 23.7 Å². The van der Waals surface area contributed by atoms with Gasteiger partial charge in [-0.2, -0.15) is 0 Å². The Morgan fingerprint density at radius 2 is 1.17 bits per heavy atom. The number of carboxylic acids is 2. The summed E-state index contributed by atoms with van der Waals surface area (Å²) >= 11 is 0. The Bertz CT molecular complexity index is 1950. The molecule has 0 radical (unpaired) electrons. The molecule has 77 heavy (non-hydrogen) atoms. The van der Waals surface area contributed by atoms with Crippen LogP contribution in [-0.2, 0) is 27.2 Å². The molecule has 1 amide bonds. The Morgan fingerprint density at radius 3 is 1.55 bits per heavy atom. The number of amides is 1. The number of quaternary nitrogens is 1. The molecule has 0 aromatic heterocycles. The number of nitrogens with two attached hydrogens (primary N) is 3. The highest BCUT2D eigenvalue weighted by atomic mass is 35.5. The highest BCUT2D eigenvalue weighted by Crippen LogP contribution is 2.37. The van der Waals surface area contributed by atoms with Crippen LogP contribution in [0.5, 0.6) is 0 Å². The lowest BCUT2D eigenvalue weighted by Gasteiger charge is -2.19. The average Bonchev–Trinajstić information content (AvgIpc) is 3.82. The van der Waals surface area contributed by atoms with E-state index in [1.54, 1.807) is 12.2 Å². The number of aliphatic hydroxyl groups excluding tert-OH is 6. The number of allylic oxidation sites excluding steroid dienone is 4. The first-order valence-corrected chi connectivity index (χ1v) is 26.4. The van der Waals surface area contributed by atoms with Gasteiger partial charge < -0.3 is 67.2 Å². The number of aliphatic carboxylic acids is 2. The average molecular weight is 1110 g/mol. The summed E-state index contributed by atoms with van der Waals surface area (Å²) in [7, 11) is -1.00. The summed E-state index contributed by atoms with van der Waals surface area (Å²) in [4.78, 5) is 34.7. The molecule has 2 aliphatic carbocycles. The van der Waals surface area contributed by atoms with Gasteiger partial charge in [-0.25, -0.2) is 0 Å². The van der Waals surface area contributed by atoms with Gasteiger partial charge in [-0.15, -0.1) is 12.4 Å². The van der Waals surface area contributed by atoms with Gasteiger partial charge in [0.05, 0.1) is 57.7 Å². The van der Waals surface area contributed by atoms with E-state index >= 15 is 0 Å². The van der Waals surface area contributed by atoms with Crippen molar-refractivity contribution in [3.05, 3.63) is 120 Å². The molecule has 0 saturated heterocycles. The van der Waals surface area contributed by atoms with E-state index < -0.39 is 61.8 Å². The third kappa shape index (κ3) is 37.4. The molecular weight excluding hydrogens is 1010 g/mol. The van der Waals surface area contributed by atoms with Gasteiger partial charge in [-0.3, -0.25) is 25.6 Å². The number of alkyl halides is 1. The van der Waals surface area contributed by atoms with Crippen LogP contribution in [-0.4, -0.2) is 124 Å². The quantitative estimate of drug-likeness (QED) is 0.0245. The number of unbranched alkanes of at least 4 members (excludes halogenated alkanes) is 2. The summed E-state index contributed by atoms with van der Waals surface area (Å²) in [6, 6.07) is 19.4. The lowest BCUT2D eigenvalue weighted by atomic mass is 9.89. The van der Waals surface area contributed by atoms with E-state index in [-0.39, 0.29) is 61.8 Å². The third-order valence-corrected chi connectivity index (χ3v) is 12.5. The van der Waals surface area contributed by atoms with E-state index in [0.29, 0.717) is 83.7 Å². The predicted octanol–water partition coefficient (Wildman–Crippen LogP) is 0.997. The normalized spacial score (nSPS) is 21.7. The second-order valence-corrected chi connectivity index (χ2v) is 18.6. The number of carboxylic acid groups (broad SMARTS) is 2. The molecule has 2 aromatic carbocycles. The molecule has 17 nitrogen and oxygen atoms in total. The standard InChI is InChI=1S/C25H37NO4.C23H32O5.C6H14N4O2.C2H7N.CH3F.CH4.ClH/c1-2-26-25(30)13-9-4-3-8-12-21-22(24(29)18-23(21)28)17-16-20(27)15-14-19-10-6-5-7-11-19;24-18(13-12-17-8-4-3-5-9-17)14-15-20-19(21(25)16-22(20)26)10-6-1-2-7-11-23(27)28;7-4(5(11)12)2-1-3-10-6(8)9;1-2-3;1-2;;/h3,5-8,10-11,16-17,20-24,27-29H,2,4,9,12-15,18H2,1H3,(H,26,30);1,3-6,8-9,14-15,18-22,24-26H,2,7,10-13,16H2,(H,27,28);4H,1-3,7H2,(H,11,12)(H4,8,9,10);2-3H2,1H3;1H3;1H4;1H/b8-3-,17-16+;6-1-,15-14+;;;;;/t20-,21+,22+,23-,24+;18-,19+,20+,21-,22+;4-;;;;/m000..../s1/i;;;;1D;;. The minimum absolute atomic E-state index is 0. The molecule has 17 N–H and O–H groups in total. The summed E-state index contributed by atoms with van der Waals surface area (Å²) in [5, 5.41) is 85.1. The van der Waals surface area contributed by atoms with E-state index in [2.05, 4.69) is 16.0 Å². The Kier molecular flexibility index (Phi) is 46.3. The first-order chi connectivity index (χ1) is 36.3. The Hall–Kier alpha value is -5.02. The van der Waals surface area contributed by atoms with Crippen LogP contribution in [0.15, 0.2) is 109 Å². The zero-order valence-corrected chi connectivity index (χ0v) is 45.7. The molecule has 0 unspecified atom stereocenters. The molecule has 4 rings (SSSR count). The van der Waals surface area contributed by atoms with E-state index in [9.17, 15) is 59.6 Å². The molecule has 2 fully saturated rings. The van der Waals surface area contributed by atoms with E-state index in [1.165, 1.54) is 11.1 Å². The summed E-state index contributed by atoms with van der Waals surface area (Å²) in [6.45, 7) is 5.78. The number of benzene rings is 2. The van der Waals surface area contributed by atoms with Crippen molar-refractivity contribution in [3.63, 3.8) is 0 Å². The summed E-state index contributed by atoms with van der Waals surface area (Å²) in [6.07, 6.45) is 20.9. The molecule has 2 aromatic rings. The van der Waals surface area contributed by atoms with Crippen LogP contribution in [0.25, 0.3) is 0 Å². The Labute approximate surface area is 466 Å². The molecule has 19 heteroatoms. The van der Waals surface area contributed by atoms with E-state index in [4.69, 9.17) is 18.6 Å². The van der Waals surface area contributed by atoms with Gasteiger partial charge in [0.15, 0.2) is 0 Å². The summed E-state index contributed by atoms with van der Waals surface area (Å²) in [5.41, 5.74) is 20.8. The van der Waals surface area contributed by atoms with Gasteiger partial charge in [0.25, 0.3) is 0 Å². The Balaban J connectivity index is -0.00000108. The van der Waals surface area contributed by atoms with Crippen LogP contribution in [0.3, 0.4) is 0 Å². The number of hydrogen-bond acceptors (Lipinski definition) is 12. The van der Waals surface area contributed by atoms with Gasteiger partial charge in [0.2, 0.25) is 5.91 Å². The molecule has 2 aliphatic rings.